The first-order valence-corrected chi connectivity index (χ1v) is 11.7. The summed E-state index contributed by atoms with van der Waals surface area (Å²) >= 11 is 0. The molecule has 1 fully saturated rings. The Hall–Kier alpha value is -3.42. The topological polar surface area (TPSA) is 89.4 Å². The number of carbonyl (C=O) groups excluding carboxylic acids is 2. The first-order chi connectivity index (χ1) is 16.1. The molecule has 0 saturated carbocycles. The van der Waals surface area contributed by atoms with E-state index >= 15 is 0 Å². The first-order valence-electron chi connectivity index (χ1n) is 11.7. The number of hydrogen-bond donors (Lipinski definition) is 1. The fourth-order valence-electron chi connectivity index (χ4n) is 5.08. The van der Waals surface area contributed by atoms with Crippen LogP contribution in [0.2, 0.25) is 0 Å². The Bertz CT molecular complexity index is 1200. The molecule has 8 heteroatoms. The van der Waals surface area contributed by atoms with Crippen LogP contribution in [0, 0.1) is 0 Å². The zero-order chi connectivity index (χ0) is 22.9. The SMILES string of the molecule is CCCc1nc2cccnc2n1C1CCN(C(=O)CC2C(=O)Nc3cc(OC)ccc32)CC1. The number of piperidine rings is 1. The Morgan fingerprint density at radius 2 is 2.06 bits per heavy atom. The van der Waals surface area contributed by atoms with Gasteiger partial charge in [0.15, 0.2) is 5.65 Å². The van der Waals surface area contributed by atoms with E-state index in [1.807, 2.05) is 35.4 Å². The van der Waals surface area contributed by atoms with Crippen molar-refractivity contribution < 1.29 is 14.3 Å². The minimum absolute atomic E-state index is 0.0275. The fourth-order valence-corrected chi connectivity index (χ4v) is 5.08. The molecule has 8 nitrogen and oxygen atoms in total. The van der Waals surface area contributed by atoms with Gasteiger partial charge in [-0.15, -0.1) is 0 Å². The molecule has 1 aromatic carbocycles. The number of rotatable bonds is 6. The predicted octanol–water partition coefficient (Wildman–Crippen LogP) is 3.68. The summed E-state index contributed by atoms with van der Waals surface area (Å²) in [5.41, 5.74) is 3.46. The second kappa shape index (κ2) is 8.84. The lowest BCUT2D eigenvalue weighted by Gasteiger charge is -2.34. The number of imidazole rings is 1. The molecule has 33 heavy (non-hydrogen) atoms. The van der Waals surface area contributed by atoms with Crippen molar-refractivity contribution in [3.05, 3.63) is 47.9 Å². The van der Waals surface area contributed by atoms with E-state index in [4.69, 9.17) is 9.72 Å². The number of aromatic nitrogens is 3. The molecule has 1 saturated heterocycles. The zero-order valence-corrected chi connectivity index (χ0v) is 19.1. The highest BCUT2D eigenvalue weighted by molar-refractivity contribution is 6.05. The van der Waals surface area contributed by atoms with Crippen LogP contribution in [-0.4, -0.2) is 51.4 Å². The van der Waals surface area contributed by atoms with Crippen LogP contribution in [0.3, 0.4) is 0 Å². The molecule has 172 valence electrons. The number of pyridine rings is 1. The molecule has 0 bridgehead atoms. The monoisotopic (exact) mass is 447 g/mol. The summed E-state index contributed by atoms with van der Waals surface area (Å²) in [5.74, 6) is 1.22. The Kier molecular flexibility index (Phi) is 5.74. The summed E-state index contributed by atoms with van der Waals surface area (Å²) < 4.78 is 7.53. The van der Waals surface area contributed by atoms with Gasteiger partial charge in [0, 0.05) is 49.9 Å². The minimum Gasteiger partial charge on any atom is -0.497 e. The number of likely N-dealkylation sites (tertiary alicyclic amines) is 1. The van der Waals surface area contributed by atoms with Crippen molar-refractivity contribution in [2.45, 2.75) is 51.0 Å². The molecule has 3 aromatic rings. The molecular weight excluding hydrogens is 418 g/mol. The third-order valence-corrected chi connectivity index (χ3v) is 6.77. The van der Waals surface area contributed by atoms with Gasteiger partial charge < -0.3 is 19.5 Å². The van der Waals surface area contributed by atoms with Crippen molar-refractivity contribution >= 4 is 28.7 Å². The van der Waals surface area contributed by atoms with Gasteiger partial charge in [-0.3, -0.25) is 9.59 Å². The first kappa shape index (κ1) is 21.4. The molecule has 2 amide bonds. The molecular formula is C25H29N5O3. The Balaban J connectivity index is 1.27. The molecule has 5 rings (SSSR count). The number of hydrogen-bond acceptors (Lipinski definition) is 5. The second-order valence-electron chi connectivity index (χ2n) is 8.81. The van der Waals surface area contributed by atoms with Gasteiger partial charge in [0.1, 0.15) is 17.1 Å². The third kappa shape index (κ3) is 3.94. The van der Waals surface area contributed by atoms with E-state index in [2.05, 4.69) is 21.8 Å². The highest BCUT2D eigenvalue weighted by Crippen LogP contribution is 2.38. The standard InChI is InChI=1S/C25H29N5O3/c1-3-5-22-27-20-6-4-11-26-24(20)30(22)16-9-12-29(13-10-16)23(31)15-19-18-8-7-17(33-2)14-21(18)28-25(19)32/h4,6-8,11,14,16,19H,3,5,9-10,12-13,15H2,1-2H3,(H,28,32). The summed E-state index contributed by atoms with van der Waals surface area (Å²) in [6, 6.07) is 9.72. The number of aryl methyl sites for hydroxylation is 1. The number of fused-ring (bicyclic) bond motifs is 2. The van der Waals surface area contributed by atoms with E-state index in [9.17, 15) is 9.59 Å². The van der Waals surface area contributed by atoms with Crippen molar-refractivity contribution in [3.8, 4) is 5.75 Å². The Labute approximate surface area is 193 Å². The van der Waals surface area contributed by atoms with E-state index in [0.717, 1.165) is 53.9 Å². The van der Waals surface area contributed by atoms with Crippen molar-refractivity contribution in [1.82, 2.24) is 19.4 Å². The van der Waals surface area contributed by atoms with Gasteiger partial charge in [-0.1, -0.05) is 13.0 Å². The maximum Gasteiger partial charge on any atom is 0.232 e. The normalized spacial score (nSPS) is 18.4. The number of ether oxygens (including phenoxy) is 1. The highest BCUT2D eigenvalue weighted by Gasteiger charge is 2.35. The van der Waals surface area contributed by atoms with E-state index in [0.29, 0.717) is 18.8 Å². The minimum atomic E-state index is -0.450. The summed E-state index contributed by atoms with van der Waals surface area (Å²) in [5, 5.41) is 2.88. The molecule has 0 spiro atoms. The van der Waals surface area contributed by atoms with Crippen molar-refractivity contribution in [2.75, 3.05) is 25.5 Å². The maximum absolute atomic E-state index is 13.1. The van der Waals surface area contributed by atoms with Crippen molar-refractivity contribution in [1.29, 1.82) is 0 Å². The molecule has 1 unspecified atom stereocenters. The van der Waals surface area contributed by atoms with Gasteiger partial charge in [0.25, 0.3) is 0 Å². The predicted molar refractivity (Wildman–Crippen MR) is 125 cm³/mol. The average Bonchev–Trinajstić information content (AvgIpc) is 3.35. The molecule has 0 radical (unpaired) electrons. The maximum atomic E-state index is 13.1. The number of nitrogens with one attached hydrogen (secondary N) is 1. The van der Waals surface area contributed by atoms with Crippen LogP contribution in [0.15, 0.2) is 36.5 Å². The van der Waals surface area contributed by atoms with Gasteiger partial charge >= 0.3 is 0 Å². The number of nitrogens with zero attached hydrogens (tertiary/aromatic N) is 4. The number of methoxy groups -OCH3 is 1. The van der Waals surface area contributed by atoms with Crippen LogP contribution in [0.1, 0.15) is 56.0 Å². The van der Waals surface area contributed by atoms with E-state index in [1.54, 1.807) is 13.2 Å². The summed E-state index contributed by atoms with van der Waals surface area (Å²) in [6.45, 7) is 3.50. The van der Waals surface area contributed by atoms with Gasteiger partial charge in [-0.2, -0.15) is 0 Å². The van der Waals surface area contributed by atoms with Gasteiger partial charge in [0.2, 0.25) is 11.8 Å². The van der Waals surface area contributed by atoms with Crippen LogP contribution in [0.25, 0.3) is 11.2 Å². The fraction of sp³-hybridized carbons (Fsp3) is 0.440. The summed E-state index contributed by atoms with van der Waals surface area (Å²) in [4.78, 5) is 36.9. The largest absolute Gasteiger partial charge is 0.497 e. The van der Waals surface area contributed by atoms with Crippen LogP contribution < -0.4 is 10.1 Å². The van der Waals surface area contributed by atoms with Gasteiger partial charge in [-0.05, 0) is 43.0 Å². The second-order valence-corrected chi connectivity index (χ2v) is 8.81. The number of anilines is 1. The molecule has 0 aliphatic carbocycles. The third-order valence-electron chi connectivity index (χ3n) is 6.77. The van der Waals surface area contributed by atoms with Crippen LogP contribution in [0.5, 0.6) is 5.75 Å². The van der Waals surface area contributed by atoms with Crippen LogP contribution in [-0.2, 0) is 16.0 Å². The van der Waals surface area contributed by atoms with Gasteiger partial charge in [-0.25, -0.2) is 9.97 Å². The van der Waals surface area contributed by atoms with Crippen molar-refractivity contribution in [2.24, 2.45) is 0 Å². The molecule has 2 aromatic heterocycles. The molecule has 1 atom stereocenters. The van der Waals surface area contributed by atoms with E-state index in [-0.39, 0.29) is 24.3 Å². The van der Waals surface area contributed by atoms with Crippen molar-refractivity contribution in [3.63, 3.8) is 0 Å². The smallest absolute Gasteiger partial charge is 0.232 e. The van der Waals surface area contributed by atoms with Crippen LogP contribution in [0.4, 0.5) is 5.69 Å². The van der Waals surface area contributed by atoms with Crippen LogP contribution >= 0.6 is 0 Å². The molecule has 1 N–H and O–H groups in total. The molecule has 2 aliphatic heterocycles. The summed E-state index contributed by atoms with van der Waals surface area (Å²) in [7, 11) is 1.59. The lowest BCUT2D eigenvalue weighted by atomic mass is 9.95. The lowest BCUT2D eigenvalue weighted by molar-refractivity contribution is -0.134. The summed E-state index contributed by atoms with van der Waals surface area (Å²) in [6.07, 6.45) is 5.65. The highest BCUT2D eigenvalue weighted by atomic mass is 16.5. The van der Waals surface area contributed by atoms with Gasteiger partial charge in [0.05, 0.1) is 13.0 Å². The average molecular weight is 448 g/mol. The number of amides is 2. The molecule has 2 aliphatic rings. The van der Waals surface area contributed by atoms with E-state index < -0.39 is 5.92 Å². The number of carbonyl (C=O) groups is 2. The Morgan fingerprint density at radius 3 is 2.82 bits per heavy atom. The van der Waals surface area contributed by atoms with E-state index in [1.165, 1.54) is 0 Å². The lowest BCUT2D eigenvalue weighted by Crippen LogP contribution is -2.40. The number of benzene rings is 1. The quantitative estimate of drug-likeness (QED) is 0.623. The molecule has 4 heterocycles. The Morgan fingerprint density at radius 1 is 1.24 bits per heavy atom. The zero-order valence-electron chi connectivity index (χ0n) is 19.1.